The maximum Gasteiger partial charge on any atom is 0.331 e. The van der Waals surface area contributed by atoms with E-state index in [1.807, 2.05) is 0 Å². The Bertz CT molecular complexity index is 779. The first-order valence-electron chi connectivity index (χ1n) is 6.21. The number of carbonyl (C=O) groups is 3. The highest BCUT2D eigenvalue weighted by Gasteiger charge is 2.36. The highest BCUT2D eigenvalue weighted by atomic mass is 35.5. The Morgan fingerprint density at radius 3 is 2.73 bits per heavy atom. The minimum absolute atomic E-state index is 0.0481. The highest BCUT2D eigenvalue weighted by Crippen LogP contribution is 2.25. The van der Waals surface area contributed by atoms with Crippen molar-refractivity contribution in [3.63, 3.8) is 0 Å². The summed E-state index contributed by atoms with van der Waals surface area (Å²) in [7, 11) is 0. The van der Waals surface area contributed by atoms with Crippen molar-refractivity contribution in [2.45, 2.75) is 6.54 Å². The second-order valence-electron chi connectivity index (χ2n) is 4.43. The van der Waals surface area contributed by atoms with Crippen LogP contribution in [-0.2, 0) is 16.1 Å². The molecule has 2 aromatic rings. The van der Waals surface area contributed by atoms with Gasteiger partial charge in [-0.1, -0.05) is 11.6 Å². The van der Waals surface area contributed by atoms with Gasteiger partial charge in [-0.15, -0.1) is 11.3 Å². The zero-order valence-electron chi connectivity index (χ0n) is 11.0. The molecule has 3 rings (SSSR count). The molecule has 6 nitrogen and oxygen atoms in total. The van der Waals surface area contributed by atoms with Crippen LogP contribution in [0.4, 0.5) is 4.79 Å². The lowest BCUT2D eigenvalue weighted by molar-refractivity contribution is -0.130. The second-order valence-corrected chi connectivity index (χ2v) is 6.18. The highest BCUT2D eigenvalue weighted by molar-refractivity contribution is 7.17. The number of amides is 4. The van der Waals surface area contributed by atoms with Crippen LogP contribution < -0.4 is 5.32 Å². The fourth-order valence-electron chi connectivity index (χ4n) is 1.94. The minimum Gasteiger partial charge on any atom is -0.467 e. The SMILES string of the molecule is O=C1NC(=O)N(Cc2ccco2)C(=O)C1=Cc1ccc(Cl)s1. The monoisotopic (exact) mass is 336 g/mol. The summed E-state index contributed by atoms with van der Waals surface area (Å²) in [6.45, 7) is -0.0481. The third-order valence-corrected chi connectivity index (χ3v) is 4.14. The first-order chi connectivity index (χ1) is 10.5. The number of carbonyl (C=O) groups excluding carboxylic acids is 3. The molecule has 1 saturated heterocycles. The van der Waals surface area contributed by atoms with Crippen molar-refractivity contribution in [1.29, 1.82) is 0 Å². The summed E-state index contributed by atoms with van der Waals surface area (Å²) in [5.41, 5.74) is -0.121. The van der Waals surface area contributed by atoms with Gasteiger partial charge in [-0.05, 0) is 30.3 Å². The Kier molecular flexibility index (Phi) is 3.82. The van der Waals surface area contributed by atoms with E-state index in [9.17, 15) is 14.4 Å². The zero-order valence-corrected chi connectivity index (χ0v) is 12.6. The molecule has 1 aliphatic heterocycles. The molecular formula is C14H9ClN2O4S. The summed E-state index contributed by atoms with van der Waals surface area (Å²) in [4.78, 5) is 37.7. The van der Waals surface area contributed by atoms with Gasteiger partial charge in [0.25, 0.3) is 11.8 Å². The van der Waals surface area contributed by atoms with E-state index in [2.05, 4.69) is 5.32 Å². The number of nitrogens with one attached hydrogen (secondary N) is 1. The molecule has 2 aromatic heterocycles. The van der Waals surface area contributed by atoms with Crippen molar-refractivity contribution in [3.05, 3.63) is 51.1 Å². The quantitative estimate of drug-likeness (QED) is 0.690. The summed E-state index contributed by atoms with van der Waals surface area (Å²) >= 11 is 7.05. The average molecular weight is 337 g/mol. The molecule has 1 aliphatic rings. The lowest BCUT2D eigenvalue weighted by atomic mass is 10.1. The molecule has 0 unspecified atom stereocenters. The van der Waals surface area contributed by atoms with E-state index >= 15 is 0 Å². The van der Waals surface area contributed by atoms with Gasteiger partial charge >= 0.3 is 6.03 Å². The number of hydrogen-bond acceptors (Lipinski definition) is 5. The van der Waals surface area contributed by atoms with E-state index < -0.39 is 17.8 Å². The Balaban J connectivity index is 1.90. The van der Waals surface area contributed by atoms with Crippen molar-refractivity contribution < 1.29 is 18.8 Å². The molecule has 0 atom stereocenters. The third kappa shape index (κ3) is 2.81. The third-order valence-electron chi connectivity index (χ3n) is 2.96. The Labute approximate surface area is 134 Å². The summed E-state index contributed by atoms with van der Waals surface area (Å²) in [5.74, 6) is -0.957. The Hall–Kier alpha value is -2.38. The maximum absolute atomic E-state index is 12.4. The van der Waals surface area contributed by atoms with E-state index in [0.29, 0.717) is 15.0 Å². The topological polar surface area (TPSA) is 79.6 Å². The van der Waals surface area contributed by atoms with Gasteiger partial charge in [0.15, 0.2) is 0 Å². The van der Waals surface area contributed by atoms with Crippen LogP contribution in [0, 0.1) is 0 Å². The molecule has 112 valence electrons. The predicted molar refractivity (Wildman–Crippen MR) is 80.1 cm³/mol. The van der Waals surface area contributed by atoms with Gasteiger partial charge in [0.2, 0.25) is 0 Å². The summed E-state index contributed by atoms with van der Waals surface area (Å²) in [6.07, 6.45) is 2.85. The number of halogens is 1. The van der Waals surface area contributed by atoms with E-state index in [4.69, 9.17) is 16.0 Å². The van der Waals surface area contributed by atoms with Gasteiger partial charge in [-0.2, -0.15) is 0 Å². The van der Waals surface area contributed by atoms with Gasteiger partial charge in [0, 0.05) is 4.88 Å². The lowest BCUT2D eigenvalue weighted by Crippen LogP contribution is -2.53. The normalized spacial score (nSPS) is 17.2. The molecule has 0 saturated carbocycles. The summed E-state index contributed by atoms with van der Waals surface area (Å²) in [5, 5.41) is 2.14. The molecule has 4 amide bonds. The minimum atomic E-state index is -0.771. The smallest absolute Gasteiger partial charge is 0.331 e. The van der Waals surface area contributed by atoms with Gasteiger partial charge < -0.3 is 4.42 Å². The van der Waals surface area contributed by atoms with Crippen LogP contribution in [-0.4, -0.2) is 22.7 Å². The Morgan fingerprint density at radius 2 is 2.09 bits per heavy atom. The molecule has 1 fully saturated rings. The van der Waals surface area contributed by atoms with E-state index in [-0.39, 0.29) is 12.1 Å². The number of hydrogen-bond donors (Lipinski definition) is 1. The first kappa shape index (κ1) is 14.6. The molecule has 1 N–H and O–H groups in total. The number of urea groups is 1. The molecule has 0 spiro atoms. The fraction of sp³-hybridized carbons (Fsp3) is 0.0714. The average Bonchev–Trinajstić information content (AvgIpc) is 3.11. The molecule has 0 aromatic carbocycles. The van der Waals surface area contributed by atoms with Crippen molar-refractivity contribution in [2.75, 3.05) is 0 Å². The van der Waals surface area contributed by atoms with Gasteiger partial charge in [0.1, 0.15) is 11.3 Å². The molecular weight excluding hydrogens is 328 g/mol. The van der Waals surface area contributed by atoms with Crippen LogP contribution in [0.2, 0.25) is 4.34 Å². The number of furan rings is 1. The van der Waals surface area contributed by atoms with Crippen molar-refractivity contribution in [1.82, 2.24) is 10.2 Å². The standard InChI is InChI=1S/C14H9ClN2O4S/c15-11-4-3-9(22-11)6-10-12(18)16-14(20)17(13(10)19)7-8-2-1-5-21-8/h1-6H,7H2,(H,16,18,20). The molecule has 22 heavy (non-hydrogen) atoms. The van der Waals surface area contributed by atoms with Crippen LogP contribution in [0.15, 0.2) is 40.5 Å². The van der Waals surface area contributed by atoms with Crippen molar-refractivity contribution in [3.8, 4) is 0 Å². The zero-order chi connectivity index (χ0) is 15.7. The Morgan fingerprint density at radius 1 is 1.27 bits per heavy atom. The van der Waals surface area contributed by atoms with Crippen LogP contribution in [0.25, 0.3) is 6.08 Å². The number of thiophene rings is 1. The fourth-order valence-corrected chi connectivity index (χ4v) is 2.95. The molecule has 0 bridgehead atoms. The molecule has 3 heterocycles. The van der Waals surface area contributed by atoms with Crippen molar-refractivity contribution >= 4 is 46.9 Å². The predicted octanol–water partition coefficient (Wildman–Crippen LogP) is 2.66. The van der Waals surface area contributed by atoms with Crippen molar-refractivity contribution in [2.24, 2.45) is 0 Å². The summed E-state index contributed by atoms with van der Waals surface area (Å²) < 4.78 is 5.66. The van der Waals surface area contributed by atoms with Crippen LogP contribution in [0.1, 0.15) is 10.6 Å². The largest absolute Gasteiger partial charge is 0.467 e. The number of imide groups is 2. The van der Waals surface area contributed by atoms with Gasteiger partial charge in [-0.3, -0.25) is 19.8 Å². The molecule has 0 radical (unpaired) electrons. The van der Waals surface area contributed by atoms with E-state index in [0.717, 1.165) is 4.90 Å². The van der Waals surface area contributed by atoms with Crippen LogP contribution in [0.5, 0.6) is 0 Å². The van der Waals surface area contributed by atoms with Crippen LogP contribution in [0.3, 0.4) is 0 Å². The first-order valence-corrected chi connectivity index (χ1v) is 7.40. The lowest BCUT2D eigenvalue weighted by Gasteiger charge is -2.25. The van der Waals surface area contributed by atoms with Gasteiger partial charge in [-0.25, -0.2) is 4.79 Å². The number of nitrogens with zero attached hydrogens (tertiary/aromatic N) is 1. The molecule has 8 heteroatoms. The summed E-state index contributed by atoms with van der Waals surface area (Å²) in [6, 6.07) is 5.87. The maximum atomic E-state index is 12.4. The number of barbiturate groups is 1. The van der Waals surface area contributed by atoms with Crippen LogP contribution >= 0.6 is 22.9 Å². The second kappa shape index (κ2) is 5.78. The van der Waals surface area contributed by atoms with E-state index in [1.165, 1.54) is 23.7 Å². The van der Waals surface area contributed by atoms with Gasteiger partial charge in [0.05, 0.1) is 17.1 Å². The number of rotatable bonds is 3. The molecule has 0 aliphatic carbocycles. The van der Waals surface area contributed by atoms with E-state index in [1.54, 1.807) is 24.3 Å².